The average Bonchev–Trinajstić information content (AvgIpc) is 2.75. The maximum atomic E-state index is 6.30. The van der Waals surface area contributed by atoms with Gasteiger partial charge in [0.1, 0.15) is 5.82 Å². The minimum absolute atomic E-state index is 0.0525. The van der Waals surface area contributed by atoms with Gasteiger partial charge in [-0.25, -0.2) is 4.98 Å². The predicted molar refractivity (Wildman–Crippen MR) is 78.2 cm³/mol. The van der Waals surface area contributed by atoms with Crippen LogP contribution in [0.3, 0.4) is 0 Å². The Morgan fingerprint density at radius 2 is 2.00 bits per heavy atom. The molecule has 0 aliphatic rings. The third-order valence-corrected chi connectivity index (χ3v) is 3.63. The number of alkyl halides is 1. The summed E-state index contributed by atoms with van der Waals surface area (Å²) in [7, 11) is 0. The molecule has 0 saturated heterocycles. The summed E-state index contributed by atoms with van der Waals surface area (Å²) in [6, 6.07) is 8.81. The van der Waals surface area contributed by atoms with E-state index in [2.05, 4.69) is 36.6 Å². The Morgan fingerprint density at radius 1 is 1.28 bits per heavy atom. The van der Waals surface area contributed by atoms with Crippen LogP contribution in [0.25, 0.3) is 11.0 Å². The van der Waals surface area contributed by atoms with Crippen LogP contribution in [0.15, 0.2) is 24.3 Å². The number of halogens is 1. The van der Waals surface area contributed by atoms with E-state index in [1.807, 2.05) is 13.0 Å². The van der Waals surface area contributed by atoms with Crippen molar-refractivity contribution in [3.63, 3.8) is 0 Å². The first-order chi connectivity index (χ1) is 8.69. The molecule has 2 unspecified atom stereocenters. The monoisotopic (exact) mass is 264 g/mol. The minimum atomic E-state index is -0.0525. The Morgan fingerprint density at radius 3 is 2.61 bits per heavy atom. The van der Waals surface area contributed by atoms with Gasteiger partial charge in [0.15, 0.2) is 0 Å². The molecule has 0 aliphatic carbocycles. The molecule has 1 aromatic heterocycles. The fraction of sp³-hybridized carbons (Fsp3) is 0.533. The molecule has 0 fully saturated rings. The molecule has 3 heteroatoms. The molecule has 98 valence electrons. The van der Waals surface area contributed by atoms with Crippen molar-refractivity contribution in [2.45, 2.75) is 51.5 Å². The smallest absolute Gasteiger partial charge is 0.127 e. The van der Waals surface area contributed by atoms with Crippen molar-refractivity contribution in [3.8, 4) is 0 Å². The van der Waals surface area contributed by atoms with Crippen LogP contribution in [0.1, 0.15) is 57.3 Å². The van der Waals surface area contributed by atoms with Crippen molar-refractivity contribution in [2.75, 3.05) is 0 Å². The summed E-state index contributed by atoms with van der Waals surface area (Å²) in [5.74, 6) is 0.998. The van der Waals surface area contributed by atoms with E-state index < -0.39 is 0 Å². The van der Waals surface area contributed by atoms with Gasteiger partial charge in [0.25, 0.3) is 0 Å². The molecule has 1 aromatic carbocycles. The Bertz CT molecular complexity index is 516. The molecule has 0 amide bonds. The van der Waals surface area contributed by atoms with Crippen molar-refractivity contribution in [1.82, 2.24) is 9.55 Å². The third-order valence-electron chi connectivity index (χ3n) is 3.44. The van der Waals surface area contributed by atoms with Crippen molar-refractivity contribution >= 4 is 22.6 Å². The number of imidazole rings is 1. The van der Waals surface area contributed by atoms with Gasteiger partial charge in [-0.05, 0) is 31.9 Å². The summed E-state index contributed by atoms with van der Waals surface area (Å²) < 4.78 is 2.34. The third kappa shape index (κ3) is 2.39. The van der Waals surface area contributed by atoms with Gasteiger partial charge in [0, 0.05) is 6.04 Å². The van der Waals surface area contributed by atoms with Crippen molar-refractivity contribution in [3.05, 3.63) is 30.1 Å². The van der Waals surface area contributed by atoms with E-state index in [-0.39, 0.29) is 5.38 Å². The van der Waals surface area contributed by atoms with Gasteiger partial charge in [0.2, 0.25) is 0 Å². The lowest BCUT2D eigenvalue weighted by Crippen LogP contribution is -2.12. The van der Waals surface area contributed by atoms with Crippen LogP contribution in [-0.2, 0) is 0 Å². The first-order valence-corrected chi connectivity index (χ1v) is 7.23. The zero-order valence-corrected chi connectivity index (χ0v) is 12.1. The van der Waals surface area contributed by atoms with Crippen LogP contribution < -0.4 is 0 Å². The molecular formula is C15H21ClN2. The molecule has 0 radical (unpaired) electrons. The Hall–Kier alpha value is -1.02. The zero-order valence-electron chi connectivity index (χ0n) is 11.4. The molecule has 0 aliphatic heterocycles. The second kappa shape index (κ2) is 5.75. The van der Waals surface area contributed by atoms with Gasteiger partial charge < -0.3 is 4.57 Å². The van der Waals surface area contributed by atoms with Gasteiger partial charge >= 0.3 is 0 Å². The molecule has 1 heterocycles. The highest BCUT2D eigenvalue weighted by atomic mass is 35.5. The Kier molecular flexibility index (Phi) is 4.28. The number of aromatic nitrogens is 2. The summed E-state index contributed by atoms with van der Waals surface area (Å²) in [5.41, 5.74) is 2.26. The van der Waals surface area contributed by atoms with Gasteiger partial charge in [-0.2, -0.15) is 0 Å². The van der Waals surface area contributed by atoms with Crippen LogP contribution in [0.5, 0.6) is 0 Å². The van der Waals surface area contributed by atoms with Gasteiger partial charge in [0.05, 0.1) is 16.4 Å². The molecular weight excluding hydrogens is 244 g/mol. The molecule has 2 nitrogen and oxygen atoms in total. The Balaban J connectivity index is 2.60. The molecule has 18 heavy (non-hydrogen) atoms. The molecule has 0 spiro atoms. The summed E-state index contributed by atoms with van der Waals surface area (Å²) in [5, 5.41) is -0.0525. The van der Waals surface area contributed by atoms with E-state index in [1.54, 1.807) is 0 Å². The molecule has 0 N–H and O–H groups in total. The minimum Gasteiger partial charge on any atom is -0.324 e. The van der Waals surface area contributed by atoms with Gasteiger partial charge in [-0.15, -0.1) is 11.6 Å². The number of nitrogens with zero attached hydrogens (tertiary/aromatic N) is 2. The molecule has 2 aromatic rings. The first kappa shape index (κ1) is 13.4. The first-order valence-electron chi connectivity index (χ1n) is 6.79. The van der Waals surface area contributed by atoms with E-state index in [1.165, 1.54) is 18.4 Å². The predicted octanol–water partition coefficient (Wildman–Crippen LogP) is 5.09. The van der Waals surface area contributed by atoms with Crippen molar-refractivity contribution in [2.24, 2.45) is 0 Å². The van der Waals surface area contributed by atoms with Crippen LogP contribution in [0.2, 0.25) is 0 Å². The van der Waals surface area contributed by atoms with Crippen molar-refractivity contribution < 1.29 is 0 Å². The zero-order chi connectivity index (χ0) is 13.1. The second-order valence-corrected chi connectivity index (χ2v) is 5.45. The van der Waals surface area contributed by atoms with Crippen LogP contribution in [0.4, 0.5) is 0 Å². The van der Waals surface area contributed by atoms with Crippen LogP contribution >= 0.6 is 11.6 Å². The van der Waals surface area contributed by atoms with E-state index in [0.29, 0.717) is 6.04 Å². The maximum absolute atomic E-state index is 6.30. The molecule has 0 bridgehead atoms. The summed E-state index contributed by atoms with van der Waals surface area (Å²) in [6.07, 6.45) is 3.47. The van der Waals surface area contributed by atoms with E-state index in [9.17, 15) is 0 Å². The highest BCUT2D eigenvalue weighted by Crippen LogP contribution is 2.31. The highest BCUT2D eigenvalue weighted by molar-refractivity contribution is 6.20. The number of para-hydroxylation sites is 2. The van der Waals surface area contributed by atoms with Crippen LogP contribution in [-0.4, -0.2) is 9.55 Å². The number of benzene rings is 1. The summed E-state index contributed by atoms with van der Waals surface area (Å²) in [4.78, 5) is 4.69. The maximum Gasteiger partial charge on any atom is 0.127 e. The van der Waals surface area contributed by atoms with E-state index in [4.69, 9.17) is 16.6 Å². The second-order valence-electron chi connectivity index (χ2n) is 4.80. The van der Waals surface area contributed by atoms with E-state index in [0.717, 1.165) is 17.8 Å². The standard InChI is InChI=1S/C15H21ClN2/c1-4-8-12(5-2)18-14-10-7-6-9-13(14)17-15(18)11(3)16/h6-7,9-12H,4-5,8H2,1-3H3. The fourth-order valence-electron chi connectivity index (χ4n) is 2.58. The lowest BCUT2D eigenvalue weighted by atomic mass is 10.1. The lowest BCUT2D eigenvalue weighted by Gasteiger charge is -2.20. The molecule has 2 atom stereocenters. The quantitative estimate of drug-likeness (QED) is 0.688. The summed E-state index contributed by atoms with van der Waals surface area (Å²) in [6.45, 7) is 6.46. The molecule has 2 rings (SSSR count). The topological polar surface area (TPSA) is 17.8 Å². The number of hydrogen-bond acceptors (Lipinski definition) is 1. The van der Waals surface area contributed by atoms with E-state index >= 15 is 0 Å². The fourth-order valence-corrected chi connectivity index (χ4v) is 2.73. The van der Waals surface area contributed by atoms with Gasteiger partial charge in [-0.1, -0.05) is 32.4 Å². The summed E-state index contributed by atoms with van der Waals surface area (Å²) >= 11 is 6.30. The lowest BCUT2D eigenvalue weighted by molar-refractivity contribution is 0.444. The Labute approximate surface area is 114 Å². The van der Waals surface area contributed by atoms with Gasteiger partial charge in [-0.3, -0.25) is 0 Å². The number of rotatable bonds is 5. The SMILES string of the molecule is CCCC(CC)n1c(C(C)Cl)nc2ccccc21. The number of hydrogen-bond donors (Lipinski definition) is 0. The highest BCUT2D eigenvalue weighted by Gasteiger charge is 2.19. The number of fused-ring (bicyclic) bond motifs is 1. The van der Waals surface area contributed by atoms with Crippen LogP contribution in [0, 0.1) is 0 Å². The van der Waals surface area contributed by atoms with Crippen molar-refractivity contribution in [1.29, 1.82) is 0 Å². The average molecular weight is 265 g/mol. The normalized spacial score (nSPS) is 14.9. The molecule has 0 saturated carbocycles. The largest absolute Gasteiger partial charge is 0.324 e.